The molecule has 14 amide bonds. The van der Waals surface area contributed by atoms with Crippen molar-refractivity contribution in [3.63, 3.8) is 0 Å². The summed E-state index contributed by atoms with van der Waals surface area (Å²) in [6.45, 7) is 5.39. The minimum absolute atomic E-state index is 0.0415. The number of carboxylic acids is 1. The number of nitrogens with two attached hydrogens (primary N) is 2. The molecule has 12 atom stereocenters. The van der Waals surface area contributed by atoms with E-state index in [0.29, 0.717) is 11.1 Å². The number of carboxylic acid groups (broad SMARTS) is 1. The van der Waals surface area contributed by atoms with E-state index in [2.05, 4.69) is 98.3 Å². The maximum atomic E-state index is 14.5. The number of carbonyl (C=O) groups excluding carboxylic acids is 14. The lowest BCUT2D eigenvalue weighted by atomic mass is 10.0. The van der Waals surface area contributed by atoms with Crippen molar-refractivity contribution in [3.05, 3.63) is 89.0 Å². The fourth-order valence-electron chi connectivity index (χ4n) is 10.1. The van der Waals surface area contributed by atoms with Crippen LogP contribution in [0.25, 0.3) is 0 Å². The van der Waals surface area contributed by atoms with Crippen LogP contribution in [0, 0.1) is 0 Å². The number of aliphatic hydroxyl groups is 3. The lowest BCUT2D eigenvalue weighted by Crippen LogP contribution is -2.61. The average Bonchev–Trinajstić information content (AvgIpc) is 1.65. The molecule has 2 fully saturated rings. The van der Waals surface area contributed by atoms with Gasteiger partial charge in [-0.3, -0.25) is 76.1 Å². The molecule has 2 heterocycles. The van der Waals surface area contributed by atoms with Crippen LogP contribution in [0.15, 0.2) is 77.9 Å². The van der Waals surface area contributed by atoms with E-state index in [4.69, 9.17) is 11.5 Å². The molecule has 102 heavy (non-hydrogen) atoms. The van der Waals surface area contributed by atoms with Crippen LogP contribution in [0.2, 0.25) is 0 Å². The van der Waals surface area contributed by atoms with Gasteiger partial charge in [0.15, 0.2) is 0 Å². The normalized spacial score (nSPS) is 23.9. The predicted molar refractivity (Wildman–Crippen MR) is 367 cm³/mol. The fourth-order valence-corrected chi connectivity index (χ4v) is 10.7. The molecule has 2 aromatic rings. The molecule has 1 unspecified atom stereocenters. The fraction of sp³-hybridized carbons (Fsp3) is 0.530. The third kappa shape index (κ3) is 31.1. The van der Waals surface area contributed by atoms with Crippen LogP contribution in [0.4, 0.5) is 0 Å². The van der Waals surface area contributed by atoms with Gasteiger partial charge in [-0.15, -0.1) is 0 Å². The Morgan fingerprint density at radius 2 is 1.05 bits per heavy atom. The summed E-state index contributed by atoms with van der Waals surface area (Å²) in [5.41, 5.74) is 14.4. The van der Waals surface area contributed by atoms with Gasteiger partial charge in [0.1, 0.15) is 66.2 Å². The van der Waals surface area contributed by atoms with E-state index >= 15 is 0 Å². The van der Waals surface area contributed by atoms with Crippen LogP contribution < -0.4 is 70.0 Å². The van der Waals surface area contributed by atoms with E-state index in [1.165, 1.54) is 54.5 Å². The van der Waals surface area contributed by atoms with Gasteiger partial charge < -0.3 is 100 Å². The number of primary amides is 2. The molecular weight excluding hydrogens is 1360 g/mol. The minimum atomic E-state index is -1.95. The number of carbonyl (C=O) groups is 15. The van der Waals surface area contributed by atoms with Gasteiger partial charge in [-0.2, -0.15) is 0 Å². The monoisotopic (exact) mass is 1450 g/mol. The van der Waals surface area contributed by atoms with Crippen LogP contribution in [0.5, 0.6) is 5.75 Å². The van der Waals surface area contributed by atoms with Gasteiger partial charge in [0.05, 0.1) is 38.8 Å². The molecule has 0 saturated carbocycles. The summed E-state index contributed by atoms with van der Waals surface area (Å²) >= 11 is 0. The summed E-state index contributed by atoms with van der Waals surface area (Å²) in [6.07, 6.45) is 1.73. The lowest BCUT2D eigenvalue weighted by Gasteiger charge is -2.28. The zero-order chi connectivity index (χ0) is 76.3. The molecule has 2 aliphatic heterocycles. The van der Waals surface area contributed by atoms with E-state index in [0.717, 1.165) is 11.8 Å². The number of fused-ring (bicyclic) bond motifs is 1. The Bertz CT molecular complexity index is 3370. The SMILES string of the molecule is C/C=C(\C)CCC=C(C)C.C[C@@H](O)[C@@H]1NC(=O)[C@H](CCC(N)=O)NC(=O)[C@H](CCS(C)=O)NC(=O)[C@H](Cc2ccccc2)NC(=O)[C@@H](CCC(=O)O)NC(=O)[C@H](CC(N)=O)NC(=O)[C@@H]2CCCN2C(=O)CNC(=O)[C@H](CO)NC(=O)[C@H](Cc2ccc(O)cc2)NC(=O)[C@H](CO)NC(=O)CNC1=O. The van der Waals surface area contributed by atoms with Crippen LogP contribution in [0.3, 0.4) is 0 Å². The quantitative estimate of drug-likeness (QED) is 0.0519. The number of nitrogens with one attached hydrogen (secondary N) is 11. The second kappa shape index (κ2) is 44.1. The highest BCUT2D eigenvalue weighted by atomic mass is 32.2. The number of hydrogen-bond donors (Lipinski definition) is 18. The number of aliphatic carboxylic acids is 1. The first-order valence-electron chi connectivity index (χ1n) is 32.8. The van der Waals surface area contributed by atoms with Crippen molar-refractivity contribution in [2.24, 2.45) is 11.5 Å². The summed E-state index contributed by atoms with van der Waals surface area (Å²) in [5, 5.41) is 75.9. The predicted octanol–water partition coefficient (Wildman–Crippen LogP) is -5.38. The van der Waals surface area contributed by atoms with Crippen molar-refractivity contribution in [1.82, 2.24) is 63.4 Å². The van der Waals surface area contributed by atoms with Gasteiger partial charge in [-0.05, 0) is 103 Å². The molecule has 0 radical (unpaired) electrons. The molecular formula is C66H96N14O21S. The third-order valence-corrected chi connectivity index (χ3v) is 16.7. The average molecular weight is 1450 g/mol. The number of phenolic OH excluding ortho intramolecular Hbond substituents is 1. The summed E-state index contributed by atoms with van der Waals surface area (Å²) in [4.78, 5) is 204. The minimum Gasteiger partial charge on any atom is -0.508 e. The van der Waals surface area contributed by atoms with E-state index in [1.54, 1.807) is 30.3 Å². The Labute approximate surface area is 591 Å². The number of benzene rings is 2. The highest BCUT2D eigenvalue weighted by Crippen LogP contribution is 2.19. The van der Waals surface area contributed by atoms with Gasteiger partial charge in [0, 0.05) is 55.0 Å². The Morgan fingerprint density at radius 3 is 1.56 bits per heavy atom. The Balaban J connectivity index is 0.00000250. The summed E-state index contributed by atoms with van der Waals surface area (Å²) < 4.78 is 12.5. The number of aliphatic hydroxyl groups excluding tert-OH is 3. The molecule has 0 aromatic heterocycles. The Morgan fingerprint density at radius 1 is 0.578 bits per heavy atom. The molecule has 0 spiro atoms. The molecule has 35 nitrogen and oxygen atoms in total. The molecule has 0 aliphatic carbocycles. The molecule has 0 bridgehead atoms. The molecule has 4 rings (SSSR count). The van der Waals surface area contributed by atoms with Crippen molar-refractivity contribution in [1.29, 1.82) is 0 Å². The largest absolute Gasteiger partial charge is 0.508 e. The first-order chi connectivity index (χ1) is 48.2. The molecule has 20 N–H and O–H groups in total. The van der Waals surface area contributed by atoms with Crippen molar-refractivity contribution in [2.75, 3.05) is 44.9 Å². The van der Waals surface area contributed by atoms with Crippen LogP contribution in [-0.4, -0.2) is 235 Å². The molecule has 2 saturated heterocycles. The van der Waals surface area contributed by atoms with Crippen molar-refractivity contribution < 1.29 is 102 Å². The lowest BCUT2D eigenvalue weighted by molar-refractivity contribution is -0.141. The molecule has 2 aliphatic rings. The number of hydrogen-bond acceptors (Lipinski definition) is 20. The van der Waals surface area contributed by atoms with Gasteiger partial charge in [0.25, 0.3) is 0 Å². The van der Waals surface area contributed by atoms with Crippen LogP contribution in [0.1, 0.15) is 110 Å². The highest BCUT2D eigenvalue weighted by molar-refractivity contribution is 7.84. The van der Waals surface area contributed by atoms with Crippen molar-refractivity contribution in [3.8, 4) is 5.75 Å². The molecule has 2 aromatic carbocycles. The van der Waals surface area contributed by atoms with Crippen molar-refractivity contribution in [2.45, 2.75) is 178 Å². The number of phenols is 1. The first kappa shape index (κ1) is 86.0. The second-order valence-corrected chi connectivity index (χ2v) is 26.1. The van der Waals surface area contributed by atoms with Gasteiger partial charge >= 0.3 is 5.97 Å². The van der Waals surface area contributed by atoms with Gasteiger partial charge in [-0.1, -0.05) is 65.8 Å². The summed E-state index contributed by atoms with van der Waals surface area (Å²) in [6, 6.07) is -4.70. The highest BCUT2D eigenvalue weighted by Gasteiger charge is 2.40. The Kier molecular flexibility index (Phi) is 37.2. The van der Waals surface area contributed by atoms with E-state index in [-0.39, 0.29) is 37.3 Å². The maximum absolute atomic E-state index is 14.5. The van der Waals surface area contributed by atoms with Gasteiger partial charge in [0.2, 0.25) is 82.7 Å². The maximum Gasteiger partial charge on any atom is 0.303 e. The first-order valence-corrected chi connectivity index (χ1v) is 34.5. The van der Waals surface area contributed by atoms with Gasteiger partial charge in [-0.25, -0.2) is 0 Å². The van der Waals surface area contributed by atoms with E-state index < -0.39 is 237 Å². The Hall–Kier alpha value is -10.2. The second-order valence-electron chi connectivity index (χ2n) is 24.5. The number of aromatic hydroxyl groups is 1. The summed E-state index contributed by atoms with van der Waals surface area (Å²) in [7, 11) is -1.66. The van der Waals surface area contributed by atoms with Crippen molar-refractivity contribution >= 4 is 99.5 Å². The van der Waals surface area contributed by atoms with E-state index in [9.17, 15) is 102 Å². The van der Waals surface area contributed by atoms with Crippen LogP contribution in [-0.2, 0) is 95.6 Å². The zero-order valence-electron chi connectivity index (χ0n) is 57.7. The number of amides is 14. The van der Waals surface area contributed by atoms with Crippen LogP contribution >= 0.6 is 0 Å². The smallest absolute Gasteiger partial charge is 0.303 e. The summed E-state index contributed by atoms with van der Waals surface area (Å²) in [5.74, 6) is -18.0. The number of allylic oxidation sites excluding steroid dienone is 4. The molecule has 36 heteroatoms. The number of nitrogens with zero attached hydrogens (tertiary/aromatic N) is 1. The number of rotatable bonds is 21. The standard InChI is InChI=1S/C56H78N14O21S.C10H18/c1-28(73)46-56(90)59-24-43(77)61-39(27-72)54(88)66-36(22-30-10-12-31(74)13-11-30)52(86)68-38(26-71)47(81)60-25-44(78)70-19-6-9-40(70)55(89)67-37(23-42(58)76)53(87)63-33(15-17-45(79)80)48(82)65-35(21-29-7-4-3-5-8-29)51(85)64-34(18-20-92(2)91)49(83)62-32(50(84)69-46)14-16-41(57)75;1-5-10(4)8-6-7-9(2)3/h3-5,7-8,10-13,28,32-40,46,71-74H,6,9,14-27H2,1-2H3,(H2,57,75)(H2,58,76)(H,59,90)(H,60,81)(H,61,77)(H,62,83)(H,63,87)(H,64,85)(H,65,82)(H,66,88)(H,67,89)(H,68,86)(H,69,84)(H,79,80);5,7H,6,8H2,1-4H3/b;10-5+/t28-,32+,33-,34+,35+,36+,37+,38+,39+,40+,46+,92?;/m1./s1. The third-order valence-electron chi connectivity index (χ3n) is 15.9. The van der Waals surface area contributed by atoms with E-state index in [1.807, 2.05) is 0 Å². The topological polar surface area (TPSA) is 562 Å². The molecule has 562 valence electrons. The zero-order valence-corrected chi connectivity index (χ0v) is 58.5.